The van der Waals surface area contributed by atoms with E-state index in [1.54, 1.807) is 11.8 Å². The van der Waals surface area contributed by atoms with Crippen molar-refractivity contribution in [3.63, 3.8) is 0 Å². The number of carbonyl (C=O) groups excluding carboxylic acids is 1. The van der Waals surface area contributed by atoms with E-state index in [2.05, 4.69) is 5.32 Å². The molecule has 0 aromatic heterocycles. The maximum absolute atomic E-state index is 12.4. The third kappa shape index (κ3) is 2.84. The lowest BCUT2D eigenvalue weighted by atomic mass is 10.2. The summed E-state index contributed by atoms with van der Waals surface area (Å²) in [5.41, 5.74) is 1.35. The van der Waals surface area contributed by atoms with Crippen LogP contribution in [0, 0.1) is 0 Å². The summed E-state index contributed by atoms with van der Waals surface area (Å²) < 4.78 is 12.0. The molecule has 1 aliphatic heterocycles. The first kappa shape index (κ1) is 15.4. The normalized spacial score (nSPS) is 17.2. The lowest BCUT2D eigenvalue weighted by Gasteiger charge is -2.21. The molecule has 0 bridgehead atoms. The highest BCUT2D eigenvalue weighted by Crippen LogP contribution is 2.47. The molecule has 1 heterocycles. The highest BCUT2D eigenvalue weighted by Gasteiger charge is 2.44. The van der Waals surface area contributed by atoms with Gasteiger partial charge in [-0.15, -0.1) is 11.8 Å². The van der Waals surface area contributed by atoms with Gasteiger partial charge in [0, 0.05) is 35.1 Å². The molecule has 1 aliphatic carbocycles. The molecule has 2 aliphatic rings. The predicted octanol–water partition coefficient (Wildman–Crippen LogP) is 4.70. The van der Waals surface area contributed by atoms with Gasteiger partial charge in [-0.3, -0.25) is 4.79 Å². The minimum Gasteiger partial charge on any atom is -0.448 e. The number of nitrogens with one attached hydrogen (secondary N) is 1. The van der Waals surface area contributed by atoms with Gasteiger partial charge in [-0.1, -0.05) is 0 Å². The molecule has 1 saturated carbocycles. The van der Waals surface area contributed by atoms with E-state index in [1.165, 1.54) is 0 Å². The quantitative estimate of drug-likeness (QED) is 0.822. The van der Waals surface area contributed by atoms with Gasteiger partial charge in [0.05, 0.1) is 0 Å². The second-order valence-corrected chi connectivity index (χ2v) is 7.05. The second kappa shape index (κ2) is 6.06. The van der Waals surface area contributed by atoms with Crippen molar-refractivity contribution in [2.75, 3.05) is 11.6 Å². The zero-order valence-corrected chi connectivity index (χ0v) is 14.3. The van der Waals surface area contributed by atoms with E-state index in [0.29, 0.717) is 17.0 Å². The number of ether oxygens (including phenoxy) is 2. The first-order chi connectivity index (χ1) is 11.7. The number of anilines is 1. The molecule has 24 heavy (non-hydrogen) atoms. The summed E-state index contributed by atoms with van der Waals surface area (Å²) in [7, 11) is 0. The lowest BCUT2D eigenvalue weighted by Crippen LogP contribution is -2.34. The Hall–Kier alpha value is -2.14. The molecule has 0 radical (unpaired) electrons. The SMILES string of the molecule is CSc1ccc(C(=O)Nc2ccc3c(c2)OC2(CCCC2)O3)cc1. The van der Waals surface area contributed by atoms with Crippen LogP contribution in [0.1, 0.15) is 36.0 Å². The van der Waals surface area contributed by atoms with Gasteiger partial charge < -0.3 is 14.8 Å². The van der Waals surface area contributed by atoms with Crippen LogP contribution in [-0.2, 0) is 0 Å². The van der Waals surface area contributed by atoms with Crippen molar-refractivity contribution in [1.29, 1.82) is 0 Å². The Morgan fingerprint density at radius 3 is 2.46 bits per heavy atom. The number of fused-ring (bicyclic) bond motifs is 1. The molecule has 1 N–H and O–H groups in total. The first-order valence-electron chi connectivity index (χ1n) is 8.15. The zero-order valence-electron chi connectivity index (χ0n) is 13.5. The van der Waals surface area contributed by atoms with Crippen LogP contribution in [0.4, 0.5) is 5.69 Å². The van der Waals surface area contributed by atoms with Crippen molar-refractivity contribution in [3.8, 4) is 11.5 Å². The van der Waals surface area contributed by atoms with Crippen LogP contribution in [0.15, 0.2) is 47.4 Å². The monoisotopic (exact) mass is 341 g/mol. The maximum atomic E-state index is 12.4. The molecule has 1 amide bonds. The van der Waals surface area contributed by atoms with Crippen molar-refractivity contribution in [2.24, 2.45) is 0 Å². The van der Waals surface area contributed by atoms with Gasteiger partial charge >= 0.3 is 0 Å². The Bertz CT molecular complexity index is 767. The second-order valence-electron chi connectivity index (χ2n) is 6.17. The molecule has 1 fully saturated rings. The number of hydrogen-bond acceptors (Lipinski definition) is 4. The van der Waals surface area contributed by atoms with Gasteiger partial charge in [0.1, 0.15) is 0 Å². The Balaban J connectivity index is 1.49. The molecule has 0 unspecified atom stereocenters. The van der Waals surface area contributed by atoms with Gasteiger partial charge in [-0.05, 0) is 55.5 Å². The standard InChI is InChI=1S/C19H19NO3S/c1-24-15-7-4-13(5-8-15)18(21)20-14-6-9-16-17(12-14)23-19(22-16)10-2-3-11-19/h4-9,12H,2-3,10-11H2,1H3,(H,20,21). The summed E-state index contributed by atoms with van der Waals surface area (Å²) in [5, 5.41) is 2.92. The van der Waals surface area contributed by atoms with Gasteiger partial charge in [-0.2, -0.15) is 0 Å². The highest BCUT2D eigenvalue weighted by atomic mass is 32.2. The number of benzene rings is 2. The van der Waals surface area contributed by atoms with E-state index < -0.39 is 5.79 Å². The molecule has 0 atom stereocenters. The van der Waals surface area contributed by atoms with Crippen LogP contribution in [-0.4, -0.2) is 18.0 Å². The molecular weight excluding hydrogens is 322 g/mol. The fourth-order valence-corrected chi connectivity index (χ4v) is 3.64. The molecule has 0 saturated heterocycles. The van der Waals surface area contributed by atoms with E-state index in [-0.39, 0.29) is 5.91 Å². The lowest BCUT2D eigenvalue weighted by molar-refractivity contribution is -0.0716. The van der Waals surface area contributed by atoms with Crippen molar-refractivity contribution in [3.05, 3.63) is 48.0 Å². The molecule has 4 nitrogen and oxygen atoms in total. The van der Waals surface area contributed by atoms with Gasteiger partial charge in [0.25, 0.3) is 11.7 Å². The van der Waals surface area contributed by atoms with E-state index in [1.807, 2.05) is 48.7 Å². The van der Waals surface area contributed by atoms with Gasteiger partial charge in [-0.25, -0.2) is 0 Å². The average molecular weight is 341 g/mol. The predicted molar refractivity (Wildman–Crippen MR) is 95.1 cm³/mol. The third-order valence-electron chi connectivity index (χ3n) is 4.51. The number of hydrogen-bond donors (Lipinski definition) is 1. The summed E-state index contributed by atoms with van der Waals surface area (Å²) in [4.78, 5) is 13.5. The van der Waals surface area contributed by atoms with Crippen LogP contribution in [0.5, 0.6) is 11.5 Å². The number of thioether (sulfide) groups is 1. The molecule has 5 heteroatoms. The van der Waals surface area contributed by atoms with E-state index >= 15 is 0 Å². The summed E-state index contributed by atoms with van der Waals surface area (Å²) in [5.74, 6) is 0.877. The Morgan fingerprint density at radius 1 is 1.04 bits per heavy atom. The van der Waals surface area contributed by atoms with Gasteiger partial charge in [0.15, 0.2) is 11.5 Å². The molecule has 1 spiro atoms. The number of amides is 1. The van der Waals surface area contributed by atoms with Crippen LogP contribution in [0.3, 0.4) is 0 Å². The average Bonchev–Trinajstić information content (AvgIpc) is 3.20. The van der Waals surface area contributed by atoms with Gasteiger partial charge in [0.2, 0.25) is 0 Å². The molecular formula is C19H19NO3S. The van der Waals surface area contributed by atoms with Crippen LogP contribution in [0.2, 0.25) is 0 Å². The van der Waals surface area contributed by atoms with Crippen LogP contribution in [0.25, 0.3) is 0 Å². The molecule has 124 valence electrons. The molecule has 2 aromatic carbocycles. The summed E-state index contributed by atoms with van der Waals surface area (Å²) in [6.07, 6.45) is 6.11. The minimum absolute atomic E-state index is 0.128. The Labute approximate surface area is 145 Å². The van der Waals surface area contributed by atoms with E-state index in [9.17, 15) is 4.79 Å². The zero-order chi connectivity index (χ0) is 16.6. The highest BCUT2D eigenvalue weighted by molar-refractivity contribution is 7.98. The minimum atomic E-state index is -0.474. The van der Waals surface area contributed by atoms with Crippen molar-refractivity contribution in [1.82, 2.24) is 0 Å². The number of carbonyl (C=O) groups is 1. The maximum Gasteiger partial charge on any atom is 0.255 e. The Morgan fingerprint density at radius 2 is 1.75 bits per heavy atom. The van der Waals surface area contributed by atoms with E-state index in [0.717, 1.165) is 36.3 Å². The fraction of sp³-hybridized carbons (Fsp3) is 0.316. The fourth-order valence-electron chi connectivity index (χ4n) is 3.23. The smallest absolute Gasteiger partial charge is 0.255 e. The van der Waals surface area contributed by atoms with E-state index in [4.69, 9.17) is 9.47 Å². The van der Waals surface area contributed by atoms with Crippen molar-refractivity contribution in [2.45, 2.75) is 36.4 Å². The summed E-state index contributed by atoms with van der Waals surface area (Å²) >= 11 is 1.65. The molecule has 4 rings (SSSR count). The van der Waals surface area contributed by atoms with Crippen LogP contribution < -0.4 is 14.8 Å². The summed E-state index contributed by atoms with van der Waals surface area (Å²) in [6, 6.07) is 13.1. The topological polar surface area (TPSA) is 47.6 Å². The van der Waals surface area contributed by atoms with Crippen molar-refractivity contribution >= 4 is 23.4 Å². The largest absolute Gasteiger partial charge is 0.448 e. The molecule has 2 aromatic rings. The Kier molecular flexibility index (Phi) is 3.88. The summed E-state index contributed by atoms with van der Waals surface area (Å²) in [6.45, 7) is 0. The van der Waals surface area contributed by atoms with Crippen LogP contribution >= 0.6 is 11.8 Å². The first-order valence-corrected chi connectivity index (χ1v) is 9.37. The van der Waals surface area contributed by atoms with Crippen molar-refractivity contribution < 1.29 is 14.3 Å². The number of rotatable bonds is 3. The third-order valence-corrected chi connectivity index (χ3v) is 5.25.